The van der Waals surface area contributed by atoms with E-state index in [4.69, 9.17) is 11.6 Å². The fourth-order valence-corrected chi connectivity index (χ4v) is 2.98. The fourth-order valence-electron chi connectivity index (χ4n) is 1.57. The van der Waals surface area contributed by atoms with Crippen LogP contribution in [0.1, 0.15) is 6.42 Å². The smallest absolute Gasteiger partial charge is 0.0407 e. The summed E-state index contributed by atoms with van der Waals surface area (Å²) in [4.78, 5) is 0. The average Bonchev–Trinajstić information content (AvgIpc) is 2.70. The zero-order chi connectivity index (χ0) is 9.80. The van der Waals surface area contributed by atoms with Crippen LogP contribution in [0.15, 0.2) is 24.3 Å². The Labute approximate surface area is 94.2 Å². The van der Waals surface area contributed by atoms with Gasteiger partial charge in [-0.25, -0.2) is 0 Å². The third kappa shape index (κ3) is 2.82. The summed E-state index contributed by atoms with van der Waals surface area (Å²) in [5, 5.41) is 4.24. The van der Waals surface area contributed by atoms with Crippen LogP contribution >= 0.6 is 23.4 Å². The lowest BCUT2D eigenvalue weighted by molar-refractivity contribution is 0.632. The molecule has 1 N–H and O–H groups in total. The zero-order valence-electron chi connectivity index (χ0n) is 8.00. The van der Waals surface area contributed by atoms with Crippen molar-refractivity contribution in [2.24, 2.45) is 5.92 Å². The molecular weight excluding hydrogens is 214 g/mol. The maximum Gasteiger partial charge on any atom is 0.0407 e. The van der Waals surface area contributed by atoms with E-state index in [0.29, 0.717) is 0 Å². The molecule has 0 radical (unpaired) electrons. The molecule has 0 amide bonds. The number of benzene rings is 1. The predicted octanol–water partition coefficient (Wildman–Crippen LogP) is 3.51. The van der Waals surface area contributed by atoms with Crippen molar-refractivity contribution in [3.63, 3.8) is 0 Å². The van der Waals surface area contributed by atoms with Crippen molar-refractivity contribution in [3.05, 3.63) is 29.3 Å². The summed E-state index contributed by atoms with van der Waals surface area (Å²) in [6.45, 7) is 1.09. The van der Waals surface area contributed by atoms with E-state index in [1.807, 2.05) is 24.3 Å². The fraction of sp³-hybridized carbons (Fsp3) is 0.455. The van der Waals surface area contributed by atoms with E-state index in [9.17, 15) is 0 Å². The van der Waals surface area contributed by atoms with Crippen LogP contribution in [-0.2, 0) is 0 Å². The molecule has 1 aromatic carbocycles. The van der Waals surface area contributed by atoms with Gasteiger partial charge in [0.15, 0.2) is 0 Å². The van der Waals surface area contributed by atoms with Crippen LogP contribution in [-0.4, -0.2) is 18.1 Å². The van der Waals surface area contributed by atoms with E-state index in [-0.39, 0.29) is 0 Å². The molecular formula is C11H14ClNS. The van der Waals surface area contributed by atoms with E-state index in [1.165, 1.54) is 23.6 Å². The molecule has 1 unspecified atom stereocenters. The molecule has 76 valence electrons. The van der Waals surface area contributed by atoms with Crippen LogP contribution < -0.4 is 5.32 Å². The first kappa shape index (κ1) is 10.2. The van der Waals surface area contributed by atoms with Crippen LogP contribution in [0.3, 0.4) is 0 Å². The number of thioether (sulfide) groups is 1. The van der Waals surface area contributed by atoms with Gasteiger partial charge in [0.2, 0.25) is 0 Å². The van der Waals surface area contributed by atoms with Gasteiger partial charge in [-0.05, 0) is 48.1 Å². The Kier molecular flexibility index (Phi) is 3.60. The summed E-state index contributed by atoms with van der Waals surface area (Å²) in [5.41, 5.74) is 1.17. The summed E-state index contributed by atoms with van der Waals surface area (Å²) in [5.74, 6) is 3.48. The monoisotopic (exact) mass is 227 g/mol. The standard InChI is InChI=1S/C11H14ClNS/c12-10-1-3-11(4-2-10)13-7-9-5-6-14-8-9/h1-4,9,13H,5-8H2. The van der Waals surface area contributed by atoms with Gasteiger partial charge in [0.25, 0.3) is 0 Å². The molecule has 1 aromatic rings. The Bertz CT molecular complexity index is 280. The van der Waals surface area contributed by atoms with Crippen molar-refractivity contribution in [2.45, 2.75) is 6.42 Å². The number of nitrogens with one attached hydrogen (secondary N) is 1. The second-order valence-corrected chi connectivity index (χ2v) is 5.20. The first-order valence-electron chi connectivity index (χ1n) is 4.92. The Morgan fingerprint density at radius 1 is 1.36 bits per heavy atom. The largest absolute Gasteiger partial charge is 0.385 e. The lowest BCUT2D eigenvalue weighted by Gasteiger charge is -2.10. The molecule has 1 fully saturated rings. The minimum atomic E-state index is 0.798. The van der Waals surface area contributed by atoms with Crippen molar-refractivity contribution in [1.82, 2.24) is 0 Å². The quantitative estimate of drug-likeness (QED) is 0.848. The summed E-state index contributed by atoms with van der Waals surface area (Å²) in [6, 6.07) is 7.91. The molecule has 1 aliphatic heterocycles. The minimum Gasteiger partial charge on any atom is -0.385 e. The second kappa shape index (κ2) is 4.94. The minimum absolute atomic E-state index is 0.798. The van der Waals surface area contributed by atoms with Crippen LogP contribution in [0.2, 0.25) is 5.02 Å². The van der Waals surface area contributed by atoms with E-state index >= 15 is 0 Å². The van der Waals surface area contributed by atoms with Crippen LogP contribution in [0.4, 0.5) is 5.69 Å². The predicted molar refractivity (Wildman–Crippen MR) is 65.4 cm³/mol. The van der Waals surface area contributed by atoms with Gasteiger partial charge in [-0.3, -0.25) is 0 Å². The van der Waals surface area contributed by atoms with E-state index < -0.39 is 0 Å². The van der Waals surface area contributed by atoms with Crippen molar-refractivity contribution in [1.29, 1.82) is 0 Å². The van der Waals surface area contributed by atoms with Gasteiger partial charge in [-0.2, -0.15) is 11.8 Å². The highest BCUT2D eigenvalue weighted by molar-refractivity contribution is 7.99. The summed E-state index contributed by atoms with van der Waals surface area (Å²) in [7, 11) is 0. The zero-order valence-corrected chi connectivity index (χ0v) is 9.57. The molecule has 1 aliphatic rings. The maximum atomic E-state index is 5.81. The lowest BCUT2D eigenvalue weighted by Crippen LogP contribution is -2.13. The van der Waals surface area contributed by atoms with E-state index in [0.717, 1.165) is 17.5 Å². The van der Waals surface area contributed by atoms with Crippen LogP contribution in [0.25, 0.3) is 0 Å². The van der Waals surface area contributed by atoms with Gasteiger partial charge in [0.05, 0.1) is 0 Å². The second-order valence-electron chi connectivity index (χ2n) is 3.62. The molecule has 1 heterocycles. The van der Waals surface area contributed by atoms with Gasteiger partial charge >= 0.3 is 0 Å². The molecule has 3 heteroatoms. The third-order valence-corrected chi connectivity index (χ3v) is 3.95. The topological polar surface area (TPSA) is 12.0 Å². The van der Waals surface area contributed by atoms with Crippen LogP contribution in [0.5, 0.6) is 0 Å². The number of rotatable bonds is 3. The molecule has 1 atom stereocenters. The molecule has 0 bridgehead atoms. The molecule has 1 saturated heterocycles. The van der Waals surface area contributed by atoms with Gasteiger partial charge < -0.3 is 5.32 Å². The molecule has 14 heavy (non-hydrogen) atoms. The average molecular weight is 228 g/mol. The van der Waals surface area contributed by atoms with Gasteiger partial charge in [-0.15, -0.1) is 0 Å². The third-order valence-electron chi connectivity index (χ3n) is 2.46. The molecule has 0 spiro atoms. The number of anilines is 1. The highest BCUT2D eigenvalue weighted by Crippen LogP contribution is 2.23. The van der Waals surface area contributed by atoms with Crippen molar-refractivity contribution in [3.8, 4) is 0 Å². The molecule has 0 aromatic heterocycles. The maximum absolute atomic E-state index is 5.81. The van der Waals surface area contributed by atoms with Crippen molar-refractivity contribution < 1.29 is 0 Å². The Balaban J connectivity index is 1.82. The first-order valence-corrected chi connectivity index (χ1v) is 6.45. The van der Waals surface area contributed by atoms with E-state index in [2.05, 4.69) is 17.1 Å². The number of hydrogen-bond donors (Lipinski definition) is 1. The Morgan fingerprint density at radius 2 is 2.14 bits per heavy atom. The lowest BCUT2D eigenvalue weighted by atomic mass is 10.1. The van der Waals surface area contributed by atoms with E-state index in [1.54, 1.807) is 0 Å². The molecule has 1 nitrogen and oxygen atoms in total. The van der Waals surface area contributed by atoms with Gasteiger partial charge in [0.1, 0.15) is 0 Å². The summed E-state index contributed by atoms with van der Waals surface area (Å²) < 4.78 is 0. The van der Waals surface area contributed by atoms with Crippen LogP contribution in [0, 0.1) is 5.92 Å². The normalized spacial score (nSPS) is 21.1. The van der Waals surface area contributed by atoms with Gasteiger partial charge in [0, 0.05) is 17.3 Å². The Morgan fingerprint density at radius 3 is 2.79 bits per heavy atom. The number of halogens is 1. The molecule has 2 rings (SSSR count). The first-order chi connectivity index (χ1) is 6.84. The van der Waals surface area contributed by atoms with Crippen molar-refractivity contribution >= 4 is 29.1 Å². The van der Waals surface area contributed by atoms with Gasteiger partial charge in [-0.1, -0.05) is 11.6 Å². The highest BCUT2D eigenvalue weighted by atomic mass is 35.5. The number of hydrogen-bond acceptors (Lipinski definition) is 2. The van der Waals surface area contributed by atoms with Crippen molar-refractivity contribution in [2.75, 3.05) is 23.4 Å². The molecule has 0 saturated carbocycles. The SMILES string of the molecule is Clc1ccc(NCC2CCSC2)cc1. The summed E-state index contributed by atoms with van der Waals surface area (Å²) in [6.07, 6.45) is 1.35. The summed E-state index contributed by atoms with van der Waals surface area (Å²) >= 11 is 7.87. The molecule has 0 aliphatic carbocycles. The highest BCUT2D eigenvalue weighted by Gasteiger charge is 2.14. The Hall–Kier alpha value is -0.340.